The van der Waals surface area contributed by atoms with Crippen molar-refractivity contribution in [2.45, 2.75) is 12.8 Å². The van der Waals surface area contributed by atoms with Gasteiger partial charge in [-0.15, -0.1) is 0 Å². The molecule has 5 nitrogen and oxygen atoms in total. The predicted molar refractivity (Wildman–Crippen MR) is 67.2 cm³/mol. The third-order valence-corrected chi connectivity index (χ3v) is 3.21. The van der Waals surface area contributed by atoms with Crippen LogP contribution in [-0.4, -0.2) is 36.9 Å². The summed E-state index contributed by atoms with van der Waals surface area (Å²) in [4.78, 5) is 6.31. The molecule has 1 fully saturated rings. The fourth-order valence-corrected chi connectivity index (χ4v) is 2.28. The molecule has 94 valence electrons. The topological polar surface area (TPSA) is 71.6 Å². The van der Waals surface area contributed by atoms with E-state index in [0.29, 0.717) is 11.7 Å². The molecule has 3 N–H and O–H groups in total. The molecule has 2 rings (SSSR count). The van der Waals surface area contributed by atoms with Crippen molar-refractivity contribution < 1.29 is 9.84 Å². The van der Waals surface area contributed by atoms with Gasteiger partial charge in [-0.05, 0) is 18.8 Å². The molecule has 5 heteroatoms. The van der Waals surface area contributed by atoms with E-state index < -0.39 is 0 Å². The quantitative estimate of drug-likeness (QED) is 0.816. The van der Waals surface area contributed by atoms with Gasteiger partial charge in [-0.25, -0.2) is 4.98 Å². The van der Waals surface area contributed by atoms with Gasteiger partial charge in [-0.3, -0.25) is 0 Å². The number of hydrogen-bond acceptors (Lipinski definition) is 5. The molecule has 1 aliphatic heterocycles. The van der Waals surface area contributed by atoms with Gasteiger partial charge in [0.05, 0.1) is 19.0 Å². The number of methoxy groups -OCH3 is 1. The van der Waals surface area contributed by atoms with Crippen molar-refractivity contribution in [3.05, 3.63) is 12.3 Å². The molecule has 0 aromatic carbocycles. The zero-order valence-electron chi connectivity index (χ0n) is 10.1. The lowest BCUT2D eigenvalue weighted by molar-refractivity contribution is 0.208. The minimum atomic E-state index is 0.237. The van der Waals surface area contributed by atoms with Gasteiger partial charge in [0.2, 0.25) is 0 Å². The van der Waals surface area contributed by atoms with Crippen molar-refractivity contribution in [2.24, 2.45) is 5.92 Å². The number of nitrogens with zero attached hydrogens (tertiary/aromatic N) is 2. The number of nitrogen functional groups attached to an aromatic ring is 1. The number of ether oxygens (including phenoxy) is 1. The van der Waals surface area contributed by atoms with Crippen LogP contribution in [-0.2, 0) is 0 Å². The second kappa shape index (κ2) is 5.23. The molecule has 1 atom stereocenters. The Morgan fingerprint density at radius 3 is 3.18 bits per heavy atom. The van der Waals surface area contributed by atoms with Crippen LogP contribution in [0.1, 0.15) is 12.8 Å². The summed E-state index contributed by atoms with van der Waals surface area (Å²) >= 11 is 0. The maximum absolute atomic E-state index is 9.23. The van der Waals surface area contributed by atoms with Crippen LogP contribution in [0.5, 0.6) is 5.75 Å². The summed E-state index contributed by atoms with van der Waals surface area (Å²) in [7, 11) is 1.63. The summed E-state index contributed by atoms with van der Waals surface area (Å²) in [5.41, 5.74) is 6.59. The van der Waals surface area contributed by atoms with Crippen LogP contribution >= 0.6 is 0 Å². The van der Waals surface area contributed by atoms with Gasteiger partial charge < -0.3 is 20.5 Å². The standard InChI is InChI=1S/C12H19N3O2/c1-17-11-5-12(13)14-6-10(11)15-4-2-3-9(7-15)8-16/h5-6,9,16H,2-4,7-8H2,1H3,(H2,13,14)/t9-/m1/s1. The predicted octanol–water partition coefficient (Wildman–Crippen LogP) is 0.881. The lowest BCUT2D eigenvalue weighted by atomic mass is 9.98. The maximum Gasteiger partial charge on any atom is 0.147 e. The van der Waals surface area contributed by atoms with Gasteiger partial charge in [0.15, 0.2) is 0 Å². The molecule has 1 aliphatic rings. The highest BCUT2D eigenvalue weighted by atomic mass is 16.5. The monoisotopic (exact) mass is 237 g/mol. The smallest absolute Gasteiger partial charge is 0.147 e. The van der Waals surface area contributed by atoms with Crippen LogP contribution in [0, 0.1) is 5.92 Å². The first-order valence-electron chi connectivity index (χ1n) is 5.90. The number of aliphatic hydroxyl groups excluding tert-OH is 1. The number of nitrogens with two attached hydrogens (primary N) is 1. The summed E-state index contributed by atoms with van der Waals surface area (Å²) in [5.74, 6) is 1.54. The molecule has 17 heavy (non-hydrogen) atoms. The fourth-order valence-electron chi connectivity index (χ4n) is 2.28. The fraction of sp³-hybridized carbons (Fsp3) is 0.583. The molecule has 0 amide bonds. The number of rotatable bonds is 3. The van der Waals surface area contributed by atoms with E-state index in [1.807, 2.05) is 0 Å². The highest BCUT2D eigenvalue weighted by molar-refractivity contribution is 5.60. The van der Waals surface area contributed by atoms with Crippen LogP contribution in [0.3, 0.4) is 0 Å². The van der Waals surface area contributed by atoms with Gasteiger partial charge in [-0.1, -0.05) is 0 Å². The van der Waals surface area contributed by atoms with E-state index in [1.54, 1.807) is 19.4 Å². The van der Waals surface area contributed by atoms with Crippen LogP contribution in [0.2, 0.25) is 0 Å². The van der Waals surface area contributed by atoms with Crippen molar-refractivity contribution in [2.75, 3.05) is 37.4 Å². The Balaban J connectivity index is 2.20. The highest BCUT2D eigenvalue weighted by Gasteiger charge is 2.22. The Morgan fingerprint density at radius 2 is 2.47 bits per heavy atom. The normalized spacial score (nSPS) is 20.4. The second-order valence-corrected chi connectivity index (χ2v) is 4.42. The molecule has 0 radical (unpaired) electrons. The zero-order chi connectivity index (χ0) is 12.3. The number of pyridine rings is 1. The van der Waals surface area contributed by atoms with Crippen molar-refractivity contribution >= 4 is 11.5 Å². The molecule has 1 aromatic rings. The average molecular weight is 237 g/mol. The summed E-state index contributed by atoms with van der Waals surface area (Å²) < 4.78 is 5.32. The lowest BCUT2D eigenvalue weighted by Gasteiger charge is -2.34. The lowest BCUT2D eigenvalue weighted by Crippen LogP contribution is -2.37. The van der Waals surface area contributed by atoms with Crippen molar-refractivity contribution in [3.63, 3.8) is 0 Å². The number of hydrogen-bond donors (Lipinski definition) is 2. The summed E-state index contributed by atoms with van der Waals surface area (Å²) in [6, 6.07) is 1.73. The second-order valence-electron chi connectivity index (χ2n) is 4.42. The van der Waals surface area contributed by atoms with E-state index >= 15 is 0 Å². The molecule has 2 heterocycles. The van der Waals surface area contributed by atoms with Crippen molar-refractivity contribution in [1.82, 2.24) is 4.98 Å². The van der Waals surface area contributed by atoms with E-state index in [0.717, 1.165) is 37.4 Å². The Hall–Kier alpha value is -1.49. The minimum absolute atomic E-state index is 0.237. The Bertz CT molecular complexity index is 384. The first kappa shape index (κ1) is 12.0. The molecule has 0 aliphatic carbocycles. The van der Waals surface area contributed by atoms with E-state index in [4.69, 9.17) is 10.5 Å². The number of piperidine rings is 1. The maximum atomic E-state index is 9.23. The van der Waals surface area contributed by atoms with E-state index in [9.17, 15) is 5.11 Å². The first-order valence-corrected chi connectivity index (χ1v) is 5.90. The summed E-state index contributed by atoms with van der Waals surface area (Å²) in [6.07, 6.45) is 3.91. The third kappa shape index (κ3) is 2.61. The van der Waals surface area contributed by atoms with E-state index in [-0.39, 0.29) is 6.61 Å². The van der Waals surface area contributed by atoms with Gasteiger partial charge in [-0.2, -0.15) is 0 Å². The Morgan fingerprint density at radius 1 is 1.65 bits per heavy atom. The zero-order valence-corrected chi connectivity index (χ0v) is 10.1. The number of aromatic nitrogens is 1. The van der Waals surface area contributed by atoms with E-state index in [1.165, 1.54) is 0 Å². The summed E-state index contributed by atoms with van der Waals surface area (Å²) in [6.45, 7) is 2.05. The van der Waals surface area contributed by atoms with Gasteiger partial charge in [0.1, 0.15) is 11.6 Å². The molecule has 0 unspecified atom stereocenters. The number of anilines is 2. The van der Waals surface area contributed by atoms with E-state index in [2.05, 4.69) is 9.88 Å². The molecule has 0 spiro atoms. The molecular formula is C12H19N3O2. The molecule has 0 bridgehead atoms. The van der Waals surface area contributed by atoms with Crippen LogP contribution in [0.25, 0.3) is 0 Å². The van der Waals surface area contributed by atoms with Crippen LogP contribution in [0.4, 0.5) is 11.5 Å². The van der Waals surface area contributed by atoms with Gasteiger partial charge in [0, 0.05) is 25.8 Å². The first-order chi connectivity index (χ1) is 8.24. The Kier molecular flexibility index (Phi) is 3.68. The highest BCUT2D eigenvalue weighted by Crippen LogP contribution is 2.31. The average Bonchev–Trinajstić information content (AvgIpc) is 2.38. The van der Waals surface area contributed by atoms with Crippen molar-refractivity contribution in [1.29, 1.82) is 0 Å². The third-order valence-electron chi connectivity index (χ3n) is 3.21. The molecule has 0 saturated carbocycles. The largest absolute Gasteiger partial charge is 0.494 e. The number of aliphatic hydroxyl groups is 1. The van der Waals surface area contributed by atoms with Gasteiger partial charge in [0.25, 0.3) is 0 Å². The van der Waals surface area contributed by atoms with Crippen molar-refractivity contribution in [3.8, 4) is 5.75 Å². The Labute approximate surface area is 101 Å². The molecule has 1 aromatic heterocycles. The van der Waals surface area contributed by atoms with Gasteiger partial charge >= 0.3 is 0 Å². The SMILES string of the molecule is COc1cc(N)ncc1N1CCC[C@@H](CO)C1. The van der Waals surface area contributed by atoms with Crippen LogP contribution < -0.4 is 15.4 Å². The minimum Gasteiger partial charge on any atom is -0.494 e. The summed E-state index contributed by atoms with van der Waals surface area (Å²) in [5, 5.41) is 9.23. The molecular weight excluding hydrogens is 218 g/mol. The van der Waals surface area contributed by atoms with Crippen LogP contribution in [0.15, 0.2) is 12.3 Å². The molecule has 1 saturated heterocycles.